The highest BCUT2D eigenvalue weighted by Gasteiger charge is 2.43. The average molecular weight is 656 g/mol. The molecule has 1 aliphatic heterocycles. The Bertz CT molecular complexity index is 1280. The third kappa shape index (κ3) is 13.0. The van der Waals surface area contributed by atoms with Crippen LogP contribution < -0.4 is 22.3 Å². The molecule has 1 saturated heterocycles. The first-order chi connectivity index (χ1) is 19.0. The normalized spacial score (nSPS) is 22.2. The van der Waals surface area contributed by atoms with Gasteiger partial charge in [-0.25, -0.2) is 18.5 Å². The van der Waals surface area contributed by atoms with E-state index in [0.29, 0.717) is 19.8 Å². The highest BCUT2D eigenvalue weighted by molar-refractivity contribution is 7.66. The van der Waals surface area contributed by atoms with Gasteiger partial charge in [0.15, 0.2) is 0 Å². The molecule has 2 heterocycles. The van der Waals surface area contributed by atoms with Gasteiger partial charge in [0.25, 0.3) is 5.56 Å². The Hall–Kier alpha value is -1.64. The fourth-order valence-electron chi connectivity index (χ4n) is 3.28. The second kappa shape index (κ2) is 15.7. The Morgan fingerprint density at radius 1 is 1.07 bits per heavy atom. The molecule has 21 nitrogen and oxygen atoms in total. The molecule has 0 bridgehead atoms. The van der Waals surface area contributed by atoms with Gasteiger partial charge in [0.05, 0.1) is 45.6 Å². The van der Waals surface area contributed by atoms with Gasteiger partial charge in [0.2, 0.25) is 5.91 Å². The number of aliphatic hydroxyl groups excluding tert-OH is 1. The van der Waals surface area contributed by atoms with Crippen molar-refractivity contribution in [2.75, 3.05) is 46.1 Å². The number of ether oxygens (including phenoxy) is 3. The van der Waals surface area contributed by atoms with E-state index in [1.807, 2.05) is 4.98 Å². The summed E-state index contributed by atoms with van der Waals surface area (Å²) in [4.78, 5) is 74.6. The van der Waals surface area contributed by atoms with Gasteiger partial charge in [0, 0.05) is 31.3 Å². The molecule has 24 heteroatoms. The SMILES string of the molecule is NCCOCCOCCNC(=O)Cc1cn([C@H]2C[C@H](O)[C@@H](COP(=O)(O)OP(=O)(O)OP(=O)(O)O)O2)c(=O)[nH]c1=O. The highest BCUT2D eigenvalue weighted by Crippen LogP contribution is 2.66. The number of nitrogens with two attached hydrogens (primary N) is 1. The van der Waals surface area contributed by atoms with Crippen molar-refractivity contribution in [1.29, 1.82) is 0 Å². The molecule has 1 aliphatic rings. The lowest BCUT2D eigenvalue weighted by molar-refractivity contribution is -0.120. The Morgan fingerprint density at radius 3 is 2.37 bits per heavy atom. The van der Waals surface area contributed by atoms with Gasteiger partial charge in [-0.2, -0.15) is 8.62 Å². The van der Waals surface area contributed by atoms with Crippen LogP contribution in [0.2, 0.25) is 0 Å². The Kier molecular flexibility index (Phi) is 13.6. The lowest BCUT2D eigenvalue weighted by atomic mass is 10.2. The van der Waals surface area contributed by atoms with Crippen molar-refractivity contribution in [1.82, 2.24) is 14.9 Å². The summed E-state index contributed by atoms with van der Waals surface area (Å²) in [6.45, 7) is 0.729. The van der Waals surface area contributed by atoms with Gasteiger partial charge in [-0.15, -0.1) is 0 Å². The first-order valence-corrected chi connectivity index (χ1v) is 16.1. The molecule has 1 amide bonds. The molecular formula is C17H31N4O17P3. The van der Waals surface area contributed by atoms with Crippen molar-refractivity contribution < 1.29 is 70.5 Å². The number of nitrogens with one attached hydrogen (secondary N) is 2. The number of hydrogen-bond acceptors (Lipinski definition) is 14. The summed E-state index contributed by atoms with van der Waals surface area (Å²) in [5.41, 5.74) is 3.34. The molecule has 2 rings (SSSR count). The smallest absolute Gasteiger partial charge is 0.390 e. The third-order valence-corrected chi connectivity index (χ3v) is 8.73. The average Bonchev–Trinajstić information content (AvgIpc) is 3.19. The van der Waals surface area contributed by atoms with Crippen LogP contribution in [0.1, 0.15) is 18.2 Å². The topological polar surface area (TPSA) is 318 Å². The number of carbonyl (C=O) groups excluding carboxylic acids is 1. The molecule has 0 aliphatic carbocycles. The molecule has 0 spiro atoms. The van der Waals surface area contributed by atoms with Crippen LogP contribution in [0.4, 0.5) is 0 Å². The highest BCUT2D eigenvalue weighted by atomic mass is 31.3. The summed E-state index contributed by atoms with van der Waals surface area (Å²) in [7, 11) is -16.8. The number of nitrogens with zero attached hydrogens (tertiary/aromatic N) is 1. The molecule has 236 valence electrons. The van der Waals surface area contributed by atoms with Gasteiger partial charge in [0.1, 0.15) is 12.3 Å². The molecule has 1 aromatic rings. The molecule has 5 atom stereocenters. The quantitative estimate of drug-likeness (QED) is 0.0583. The second-order valence-electron chi connectivity index (χ2n) is 8.18. The minimum absolute atomic E-state index is 0.127. The van der Waals surface area contributed by atoms with Gasteiger partial charge < -0.3 is 49.9 Å². The number of aromatic amines is 1. The molecule has 2 unspecified atom stereocenters. The van der Waals surface area contributed by atoms with E-state index < -0.39 is 72.1 Å². The van der Waals surface area contributed by atoms with Crippen molar-refractivity contribution in [2.45, 2.75) is 31.3 Å². The first-order valence-electron chi connectivity index (χ1n) is 11.6. The zero-order valence-corrected chi connectivity index (χ0v) is 23.9. The van der Waals surface area contributed by atoms with Crippen LogP contribution >= 0.6 is 23.5 Å². The summed E-state index contributed by atoms with van der Waals surface area (Å²) in [5, 5.41) is 12.8. The van der Waals surface area contributed by atoms with E-state index in [4.69, 9.17) is 29.7 Å². The molecule has 0 radical (unpaired) electrons. The van der Waals surface area contributed by atoms with Crippen LogP contribution in [0.5, 0.6) is 0 Å². The van der Waals surface area contributed by atoms with Crippen LogP contribution in [0.3, 0.4) is 0 Å². The van der Waals surface area contributed by atoms with E-state index in [1.165, 1.54) is 0 Å². The van der Waals surface area contributed by atoms with Crippen molar-refractivity contribution in [2.24, 2.45) is 5.73 Å². The largest absolute Gasteiger partial charge is 0.490 e. The Labute approximate surface area is 230 Å². The molecule has 1 fully saturated rings. The predicted octanol–water partition coefficient (Wildman–Crippen LogP) is -2.82. The number of hydrogen-bond donors (Lipinski definition) is 8. The van der Waals surface area contributed by atoms with Gasteiger partial charge in [-0.1, -0.05) is 0 Å². The van der Waals surface area contributed by atoms with Crippen LogP contribution in [0.25, 0.3) is 0 Å². The molecule has 0 aromatic carbocycles. The summed E-state index contributed by atoms with van der Waals surface area (Å²) in [6, 6.07) is 0. The van der Waals surface area contributed by atoms with Crippen molar-refractivity contribution in [3.63, 3.8) is 0 Å². The second-order valence-corrected chi connectivity index (χ2v) is 12.6. The summed E-state index contributed by atoms with van der Waals surface area (Å²) in [5.74, 6) is -0.565. The first kappa shape index (κ1) is 35.6. The molecule has 1 aromatic heterocycles. The van der Waals surface area contributed by atoms with Crippen LogP contribution in [0, 0.1) is 0 Å². The van der Waals surface area contributed by atoms with E-state index >= 15 is 0 Å². The third-order valence-electron chi connectivity index (χ3n) is 4.93. The molecule has 41 heavy (non-hydrogen) atoms. The standard InChI is InChI=1S/C17H31N4O17P3/c18-1-3-33-5-6-34-4-2-19-14(23)7-11-9-21(17(25)20-16(11)24)15-8-12(22)13(36-15)10-35-40(29,30)38-41(31,32)37-39(26,27)28/h9,12-13,15,22H,1-8,10,18H2,(H,19,23)(H,29,30)(H,31,32)(H,20,24,25)(H2,26,27,28)/t12-,13+,15+/m0/s1. The number of phosphoric acid groups is 3. The van der Waals surface area contributed by atoms with Gasteiger partial charge >= 0.3 is 29.2 Å². The van der Waals surface area contributed by atoms with Crippen molar-refractivity contribution in [3.05, 3.63) is 32.6 Å². The zero-order valence-electron chi connectivity index (χ0n) is 21.2. The number of H-pyrrole nitrogens is 1. The zero-order chi connectivity index (χ0) is 30.8. The number of phosphoric ester groups is 1. The number of rotatable bonds is 18. The maximum absolute atomic E-state index is 12.3. The predicted molar refractivity (Wildman–Crippen MR) is 133 cm³/mol. The minimum atomic E-state index is -5.75. The monoisotopic (exact) mass is 656 g/mol. The maximum Gasteiger partial charge on any atom is 0.490 e. The Morgan fingerprint density at radius 2 is 1.73 bits per heavy atom. The summed E-state index contributed by atoms with van der Waals surface area (Å²) < 4.78 is 62.3. The van der Waals surface area contributed by atoms with Crippen molar-refractivity contribution >= 4 is 29.4 Å². The number of aromatic nitrogens is 2. The summed E-state index contributed by atoms with van der Waals surface area (Å²) in [6.07, 6.45) is -3.79. The Balaban J connectivity index is 1.93. The lowest BCUT2D eigenvalue weighted by Crippen LogP contribution is -2.36. The van der Waals surface area contributed by atoms with E-state index in [0.717, 1.165) is 10.8 Å². The number of aliphatic hydroxyl groups is 1. The lowest BCUT2D eigenvalue weighted by Gasteiger charge is -2.19. The van der Waals surface area contributed by atoms with Gasteiger partial charge in [-0.05, 0) is 0 Å². The molecule has 9 N–H and O–H groups in total. The van der Waals surface area contributed by atoms with E-state index in [9.17, 15) is 43.0 Å². The number of carbonyl (C=O) groups is 1. The van der Waals surface area contributed by atoms with E-state index in [2.05, 4.69) is 18.5 Å². The summed E-state index contributed by atoms with van der Waals surface area (Å²) >= 11 is 0. The van der Waals surface area contributed by atoms with Crippen LogP contribution in [-0.2, 0) is 52.3 Å². The van der Waals surface area contributed by atoms with Crippen LogP contribution in [0.15, 0.2) is 15.8 Å². The molecular weight excluding hydrogens is 625 g/mol. The fraction of sp³-hybridized carbons (Fsp3) is 0.706. The number of amides is 1. The minimum Gasteiger partial charge on any atom is -0.390 e. The van der Waals surface area contributed by atoms with Crippen LogP contribution in [-0.4, -0.2) is 98.5 Å². The molecule has 0 saturated carbocycles. The maximum atomic E-state index is 12.3. The van der Waals surface area contributed by atoms with Gasteiger partial charge in [-0.3, -0.25) is 23.7 Å². The fourth-order valence-corrected chi connectivity index (χ4v) is 6.31. The van der Waals surface area contributed by atoms with E-state index in [-0.39, 0.29) is 31.7 Å². The van der Waals surface area contributed by atoms with Crippen molar-refractivity contribution in [3.8, 4) is 0 Å². The van der Waals surface area contributed by atoms with E-state index in [1.54, 1.807) is 0 Å².